The van der Waals surface area contributed by atoms with Crippen LogP contribution in [0.3, 0.4) is 0 Å². The Labute approximate surface area is 131 Å². The zero-order valence-electron chi connectivity index (χ0n) is 12.3. The van der Waals surface area contributed by atoms with Crippen LogP contribution in [0.15, 0.2) is 46.9 Å². The lowest BCUT2D eigenvalue weighted by atomic mass is 10.2. The van der Waals surface area contributed by atoms with E-state index < -0.39 is 0 Å². The number of aromatic nitrogens is 3. The van der Waals surface area contributed by atoms with Crippen molar-refractivity contribution in [2.45, 2.75) is 0 Å². The second kappa shape index (κ2) is 6.29. The third-order valence-electron chi connectivity index (χ3n) is 3.16. The molecule has 0 atom stereocenters. The molecule has 2 aromatic carbocycles. The van der Waals surface area contributed by atoms with Gasteiger partial charge in [0.15, 0.2) is 5.58 Å². The van der Waals surface area contributed by atoms with Gasteiger partial charge in [0.05, 0.1) is 11.0 Å². The molecule has 0 aliphatic rings. The van der Waals surface area contributed by atoms with Gasteiger partial charge in [-0.05, 0) is 30.3 Å². The molecule has 0 bridgehead atoms. The Morgan fingerprint density at radius 2 is 1.96 bits per heavy atom. The summed E-state index contributed by atoms with van der Waals surface area (Å²) in [5, 5.41) is 9.99. The van der Waals surface area contributed by atoms with Crippen molar-refractivity contribution in [1.29, 1.82) is 0 Å². The molecule has 0 amide bonds. The molecule has 0 radical (unpaired) electrons. The number of benzene rings is 2. The van der Waals surface area contributed by atoms with Gasteiger partial charge in [-0.25, -0.2) is 4.98 Å². The minimum Gasteiger partial charge on any atom is -0.423 e. The van der Waals surface area contributed by atoms with Crippen molar-refractivity contribution in [3.8, 4) is 0 Å². The summed E-state index contributed by atoms with van der Waals surface area (Å²) in [4.78, 5) is 22.6. The molecule has 2 aromatic heterocycles. The number of fused-ring (bicyclic) bond motifs is 2. The zero-order chi connectivity index (χ0) is 16.2. The number of carbonyl (C=O) groups excluding carboxylic acids is 1. The van der Waals surface area contributed by atoms with Crippen LogP contribution in [-0.2, 0) is 0 Å². The zero-order valence-corrected chi connectivity index (χ0v) is 12.3. The summed E-state index contributed by atoms with van der Waals surface area (Å²) >= 11 is 0. The van der Waals surface area contributed by atoms with Gasteiger partial charge in [-0.3, -0.25) is 10.1 Å². The molecule has 0 spiro atoms. The van der Waals surface area contributed by atoms with Crippen molar-refractivity contribution in [3.05, 3.63) is 48.0 Å². The van der Waals surface area contributed by atoms with Crippen molar-refractivity contribution < 1.29 is 14.3 Å². The summed E-state index contributed by atoms with van der Waals surface area (Å²) in [7, 11) is 1.00. The molecule has 116 valence electrons. The lowest BCUT2D eigenvalue weighted by Gasteiger charge is -1.93. The summed E-state index contributed by atoms with van der Waals surface area (Å²) < 4.78 is 5.57. The monoisotopic (exact) mass is 310 g/mol. The van der Waals surface area contributed by atoms with E-state index in [2.05, 4.69) is 20.3 Å². The van der Waals surface area contributed by atoms with Gasteiger partial charge in [-0.2, -0.15) is 4.98 Å². The predicted octanol–water partition coefficient (Wildman–Crippen LogP) is 2.87. The van der Waals surface area contributed by atoms with Crippen LogP contribution in [0.2, 0.25) is 0 Å². The molecule has 7 nitrogen and oxygen atoms in total. The van der Waals surface area contributed by atoms with Gasteiger partial charge in [0.25, 0.3) is 0 Å². The van der Waals surface area contributed by atoms with Crippen LogP contribution in [0.4, 0.5) is 12.0 Å². The van der Waals surface area contributed by atoms with E-state index in [1.54, 1.807) is 18.2 Å². The van der Waals surface area contributed by atoms with E-state index in [9.17, 15) is 4.79 Å². The van der Waals surface area contributed by atoms with Gasteiger partial charge in [0.2, 0.25) is 5.95 Å². The summed E-state index contributed by atoms with van der Waals surface area (Å²) in [5.41, 5.74) is 3.59. The standard InChI is InChI=1S/C15H10N4O2.CH4O/c20-8-9-5-6-13-12(7-9)18-15(21-13)19-14-16-10-3-1-2-4-11(10)17-14;1-2/h1-8H,(H2,16,17,18,19);2H,1H3. The number of imidazole rings is 1. The van der Waals surface area contributed by atoms with Gasteiger partial charge in [-0.15, -0.1) is 0 Å². The minimum atomic E-state index is 0.326. The quantitative estimate of drug-likeness (QED) is 0.503. The van der Waals surface area contributed by atoms with Gasteiger partial charge in [0.1, 0.15) is 11.8 Å². The maximum Gasteiger partial charge on any atom is 0.302 e. The number of nitrogens with one attached hydrogen (secondary N) is 2. The predicted molar refractivity (Wildman–Crippen MR) is 86.9 cm³/mol. The highest BCUT2D eigenvalue weighted by Gasteiger charge is 2.09. The molecule has 0 aliphatic carbocycles. The largest absolute Gasteiger partial charge is 0.423 e. The third kappa shape index (κ3) is 2.90. The second-order valence-corrected chi connectivity index (χ2v) is 4.59. The Balaban J connectivity index is 0.000000753. The minimum absolute atomic E-state index is 0.326. The molecule has 2 heterocycles. The Hall–Kier alpha value is -3.19. The van der Waals surface area contributed by atoms with Crippen molar-refractivity contribution in [3.63, 3.8) is 0 Å². The van der Waals surface area contributed by atoms with Gasteiger partial charge < -0.3 is 14.5 Å². The van der Waals surface area contributed by atoms with E-state index in [-0.39, 0.29) is 0 Å². The summed E-state index contributed by atoms with van der Waals surface area (Å²) in [6.07, 6.45) is 0.778. The third-order valence-corrected chi connectivity index (χ3v) is 3.16. The van der Waals surface area contributed by atoms with Crippen molar-refractivity contribution in [2.24, 2.45) is 0 Å². The normalized spacial score (nSPS) is 10.3. The Morgan fingerprint density at radius 1 is 1.13 bits per heavy atom. The smallest absolute Gasteiger partial charge is 0.302 e. The first kappa shape index (κ1) is 14.7. The van der Waals surface area contributed by atoms with E-state index in [1.807, 2.05) is 24.3 Å². The molecule has 0 aliphatic heterocycles. The number of anilines is 2. The fourth-order valence-corrected chi connectivity index (χ4v) is 2.18. The van der Waals surface area contributed by atoms with Gasteiger partial charge in [0, 0.05) is 12.7 Å². The lowest BCUT2D eigenvalue weighted by Crippen LogP contribution is -1.91. The molecule has 0 saturated carbocycles. The second-order valence-electron chi connectivity index (χ2n) is 4.59. The fourth-order valence-electron chi connectivity index (χ4n) is 2.18. The molecule has 3 N–H and O–H groups in total. The van der Waals surface area contributed by atoms with Crippen molar-refractivity contribution >= 4 is 40.4 Å². The number of nitrogens with zero attached hydrogens (tertiary/aromatic N) is 2. The van der Waals surface area contributed by atoms with E-state index in [0.717, 1.165) is 24.4 Å². The van der Waals surface area contributed by atoms with E-state index >= 15 is 0 Å². The molecule has 4 rings (SSSR count). The fraction of sp³-hybridized carbons (Fsp3) is 0.0625. The van der Waals surface area contributed by atoms with Crippen LogP contribution in [0.25, 0.3) is 22.1 Å². The molecule has 0 unspecified atom stereocenters. The Kier molecular flexibility index (Phi) is 4.03. The average molecular weight is 310 g/mol. The number of oxazole rings is 1. The first-order valence-electron chi connectivity index (χ1n) is 6.84. The molecular weight excluding hydrogens is 296 g/mol. The topological polar surface area (TPSA) is 104 Å². The lowest BCUT2D eigenvalue weighted by molar-refractivity contribution is 0.112. The number of para-hydroxylation sites is 2. The number of aldehydes is 1. The van der Waals surface area contributed by atoms with E-state index in [1.165, 1.54) is 0 Å². The summed E-state index contributed by atoms with van der Waals surface area (Å²) in [6.45, 7) is 0. The highest BCUT2D eigenvalue weighted by atomic mass is 16.4. The van der Waals surface area contributed by atoms with Crippen LogP contribution in [-0.4, -0.2) is 33.5 Å². The molecule has 4 aromatic rings. The number of hydrogen-bond donors (Lipinski definition) is 3. The number of aromatic amines is 1. The highest BCUT2D eigenvalue weighted by Crippen LogP contribution is 2.22. The number of hydrogen-bond acceptors (Lipinski definition) is 6. The number of aliphatic hydroxyl groups excluding tert-OH is 1. The number of H-pyrrole nitrogens is 1. The molecule has 0 saturated heterocycles. The van der Waals surface area contributed by atoms with Crippen LogP contribution < -0.4 is 5.32 Å². The van der Waals surface area contributed by atoms with Crippen LogP contribution in [0.1, 0.15) is 10.4 Å². The van der Waals surface area contributed by atoms with Crippen LogP contribution >= 0.6 is 0 Å². The first-order valence-corrected chi connectivity index (χ1v) is 6.84. The average Bonchev–Trinajstić information content (AvgIpc) is 3.18. The SMILES string of the molecule is CO.O=Cc1ccc2oc(Nc3nc4ccccc4[nH]3)nc2c1. The first-order chi connectivity index (χ1) is 11.3. The summed E-state index contributed by atoms with van der Waals surface area (Å²) in [5.74, 6) is 0.554. The molecule has 0 fully saturated rings. The van der Waals surface area contributed by atoms with Gasteiger partial charge >= 0.3 is 6.01 Å². The molecule has 7 heteroatoms. The highest BCUT2D eigenvalue weighted by molar-refractivity contribution is 5.85. The van der Waals surface area contributed by atoms with E-state index in [0.29, 0.717) is 28.6 Å². The summed E-state index contributed by atoms with van der Waals surface area (Å²) in [6, 6.07) is 13.1. The maximum absolute atomic E-state index is 10.8. The Morgan fingerprint density at radius 3 is 2.74 bits per heavy atom. The molecule has 23 heavy (non-hydrogen) atoms. The molecular formula is C16H14N4O3. The number of carbonyl (C=O) groups is 1. The number of aliphatic hydroxyl groups is 1. The maximum atomic E-state index is 10.8. The van der Waals surface area contributed by atoms with Crippen molar-refractivity contribution in [1.82, 2.24) is 15.0 Å². The number of rotatable bonds is 3. The van der Waals surface area contributed by atoms with Gasteiger partial charge in [-0.1, -0.05) is 12.1 Å². The van der Waals surface area contributed by atoms with Crippen molar-refractivity contribution in [2.75, 3.05) is 12.4 Å². The van der Waals surface area contributed by atoms with Crippen LogP contribution in [0.5, 0.6) is 0 Å². The van der Waals surface area contributed by atoms with Crippen LogP contribution in [0, 0.1) is 0 Å². The Bertz CT molecular complexity index is 925. The van der Waals surface area contributed by atoms with E-state index in [4.69, 9.17) is 9.52 Å².